The van der Waals surface area contributed by atoms with Crippen LogP contribution in [0.25, 0.3) is 0 Å². The van der Waals surface area contributed by atoms with Crippen molar-refractivity contribution in [1.29, 1.82) is 0 Å². The molecule has 0 fully saturated rings. The van der Waals surface area contributed by atoms with Gasteiger partial charge in [-0.3, -0.25) is 9.48 Å². The molecular formula is C15H17N3O3. The standard InChI is InChI=1S/C15H17N3O3/c1-8-14-10(7-13(20)16-15(14)18(2)17-8)9-4-5-12(21-3)11(19)6-9/h4-6,10,19H,7H2,1-3H3,(H,16,20). The van der Waals surface area contributed by atoms with Crippen LogP contribution in [0.5, 0.6) is 11.5 Å². The van der Waals surface area contributed by atoms with E-state index >= 15 is 0 Å². The summed E-state index contributed by atoms with van der Waals surface area (Å²) in [6.07, 6.45) is 0.339. The number of aromatic hydroxyl groups is 1. The Balaban J connectivity index is 2.11. The Hall–Kier alpha value is -2.50. The maximum atomic E-state index is 11.9. The molecule has 2 heterocycles. The number of fused-ring (bicyclic) bond motifs is 1. The van der Waals surface area contributed by atoms with Gasteiger partial charge in [-0.1, -0.05) is 6.07 Å². The average Bonchev–Trinajstić information content (AvgIpc) is 2.73. The first-order valence-electron chi connectivity index (χ1n) is 6.71. The minimum absolute atomic E-state index is 0.0502. The zero-order chi connectivity index (χ0) is 15.1. The molecule has 2 N–H and O–H groups in total. The van der Waals surface area contributed by atoms with Crippen LogP contribution in [0.15, 0.2) is 18.2 Å². The number of hydrogen-bond donors (Lipinski definition) is 2. The van der Waals surface area contributed by atoms with Crippen molar-refractivity contribution < 1.29 is 14.6 Å². The van der Waals surface area contributed by atoms with E-state index in [2.05, 4.69) is 10.4 Å². The van der Waals surface area contributed by atoms with Crippen LogP contribution in [-0.2, 0) is 11.8 Å². The van der Waals surface area contributed by atoms with Gasteiger partial charge in [0.1, 0.15) is 5.82 Å². The lowest BCUT2D eigenvalue weighted by Gasteiger charge is -2.24. The molecule has 2 aromatic rings. The Labute approximate surface area is 122 Å². The summed E-state index contributed by atoms with van der Waals surface area (Å²) in [6.45, 7) is 1.92. The zero-order valence-corrected chi connectivity index (χ0v) is 12.2. The predicted molar refractivity (Wildman–Crippen MR) is 77.7 cm³/mol. The van der Waals surface area contributed by atoms with Crippen molar-refractivity contribution in [2.24, 2.45) is 7.05 Å². The molecule has 3 rings (SSSR count). The molecule has 6 heteroatoms. The fraction of sp³-hybridized carbons (Fsp3) is 0.333. The van der Waals surface area contributed by atoms with Gasteiger partial charge >= 0.3 is 0 Å². The normalized spacial score (nSPS) is 17.3. The molecule has 0 saturated heterocycles. The predicted octanol–water partition coefficient (Wildman–Crippen LogP) is 1.92. The number of phenolic OH excluding ortho intramolecular Hbond substituents is 1. The van der Waals surface area contributed by atoms with Crippen molar-refractivity contribution in [3.63, 3.8) is 0 Å². The van der Waals surface area contributed by atoms with E-state index in [9.17, 15) is 9.90 Å². The molecule has 1 aliphatic rings. The second-order valence-corrected chi connectivity index (χ2v) is 5.21. The molecule has 21 heavy (non-hydrogen) atoms. The van der Waals surface area contributed by atoms with Crippen LogP contribution in [0.2, 0.25) is 0 Å². The molecule has 110 valence electrons. The van der Waals surface area contributed by atoms with E-state index in [4.69, 9.17) is 4.74 Å². The summed E-state index contributed by atoms with van der Waals surface area (Å²) >= 11 is 0. The fourth-order valence-corrected chi connectivity index (χ4v) is 2.92. The van der Waals surface area contributed by atoms with E-state index in [1.165, 1.54) is 7.11 Å². The molecule has 1 amide bonds. The highest BCUT2D eigenvalue weighted by atomic mass is 16.5. The number of amides is 1. The van der Waals surface area contributed by atoms with E-state index < -0.39 is 0 Å². The van der Waals surface area contributed by atoms with Crippen LogP contribution in [0.1, 0.15) is 29.2 Å². The van der Waals surface area contributed by atoms with Crippen molar-refractivity contribution >= 4 is 11.7 Å². The number of rotatable bonds is 2. The van der Waals surface area contributed by atoms with Gasteiger partial charge in [-0.05, 0) is 24.6 Å². The van der Waals surface area contributed by atoms with E-state index in [0.717, 1.165) is 22.6 Å². The topological polar surface area (TPSA) is 76.4 Å². The zero-order valence-electron chi connectivity index (χ0n) is 12.2. The van der Waals surface area contributed by atoms with Gasteiger partial charge in [0.15, 0.2) is 11.5 Å². The molecule has 0 saturated carbocycles. The minimum atomic E-state index is -0.112. The van der Waals surface area contributed by atoms with E-state index in [0.29, 0.717) is 12.2 Å². The molecule has 0 radical (unpaired) electrons. The first kappa shape index (κ1) is 13.5. The Kier molecular flexibility index (Phi) is 3.08. The number of nitrogens with one attached hydrogen (secondary N) is 1. The maximum Gasteiger partial charge on any atom is 0.226 e. The number of ether oxygens (including phenoxy) is 1. The summed E-state index contributed by atoms with van der Waals surface area (Å²) in [4.78, 5) is 11.9. The van der Waals surface area contributed by atoms with Crippen molar-refractivity contribution in [3.8, 4) is 11.5 Å². The van der Waals surface area contributed by atoms with E-state index in [-0.39, 0.29) is 17.6 Å². The fourth-order valence-electron chi connectivity index (χ4n) is 2.92. The third kappa shape index (κ3) is 2.12. The van der Waals surface area contributed by atoms with Gasteiger partial charge in [-0.2, -0.15) is 5.10 Å². The second-order valence-electron chi connectivity index (χ2n) is 5.21. The summed E-state index contributed by atoms with van der Waals surface area (Å²) < 4.78 is 6.74. The van der Waals surface area contributed by atoms with Crippen LogP contribution >= 0.6 is 0 Å². The van der Waals surface area contributed by atoms with Gasteiger partial charge in [-0.15, -0.1) is 0 Å². The van der Waals surface area contributed by atoms with Gasteiger partial charge in [0.05, 0.1) is 12.8 Å². The molecule has 1 atom stereocenters. The average molecular weight is 287 g/mol. The van der Waals surface area contributed by atoms with Crippen LogP contribution in [-0.4, -0.2) is 27.9 Å². The third-order valence-corrected chi connectivity index (χ3v) is 3.87. The SMILES string of the molecule is COc1ccc(C2CC(=O)Nc3c2c(C)nn3C)cc1O. The lowest BCUT2D eigenvalue weighted by atomic mass is 9.85. The van der Waals surface area contributed by atoms with Crippen LogP contribution in [0.4, 0.5) is 5.82 Å². The number of nitrogens with zero attached hydrogens (tertiary/aromatic N) is 2. The molecule has 0 aliphatic carbocycles. The molecule has 1 unspecified atom stereocenters. The van der Waals surface area contributed by atoms with Gasteiger partial charge in [0.2, 0.25) is 5.91 Å². The number of carbonyl (C=O) groups excluding carboxylic acids is 1. The highest BCUT2D eigenvalue weighted by molar-refractivity contribution is 5.94. The highest BCUT2D eigenvalue weighted by Crippen LogP contribution is 2.40. The van der Waals surface area contributed by atoms with Crippen LogP contribution < -0.4 is 10.1 Å². The van der Waals surface area contributed by atoms with Gasteiger partial charge in [0.25, 0.3) is 0 Å². The second kappa shape index (κ2) is 4.80. The van der Waals surface area contributed by atoms with Crippen molar-refractivity contribution in [1.82, 2.24) is 9.78 Å². The molecule has 1 aliphatic heterocycles. The Morgan fingerprint density at radius 1 is 1.48 bits per heavy atom. The lowest BCUT2D eigenvalue weighted by molar-refractivity contribution is -0.116. The summed E-state index contributed by atoms with van der Waals surface area (Å²) in [5.74, 6) is 1.06. The molecule has 0 spiro atoms. The van der Waals surface area contributed by atoms with Crippen molar-refractivity contribution in [2.75, 3.05) is 12.4 Å². The molecule has 6 nitrogen and oxygen atoms in total. The van der Waals surface area contributed by atoms with Gasteiger partial charge < -0.3 is 15.2 Å². The first-order valence-corrected chi connectivity index (χ1v) is 6.71. The van der Waals surface area contributed by atoms with Crippen molar-refractivity contribution in [2.45, 2.75) is 19.3 Å². The molecular weight excluding hydrogens is 270 g/mol. The monoisotopic (exact) mass is 287 g/mol. The highest BCUT2D eigenvalue weighted by Gasteiger charge is 2.31. The third-order valence-electron chi connectivity index (χ3n) is 3.87. The largest absolute Gasteiger partial charge is 0.504 e. The summed E-state index contributed by atoms with van der Waals surface area (Å²) in [5.41, 5.74) is 2.76. The first-order chi connectivity index (χ1) is 10.0. The van der Waals surface area contributed by atoms with Crippen LogP contribution in [0, 0.1) is 6.92 Å². The minimum Gasteiger partial charge on any atom is -0.504 e. The number of carbonyl (C=O) groups is 1. The Morgan fingerprint density at radius 2 is 2.24 bits per heavy atom. The van der Waals surface area contributed by atoms with Crippen molar-refractivity contribution in [3.05, 3.63) is 35.0 Å². The maximum absolute atomic E-state index is 11.9. The summed E-state index contributed by atoms with van der Waals surface area (Å²) in [7, 11) is 3.31. The quantitative estimate of drug-likeness (QED) is 0.884. The summed E-state index contributed by atoms with van der Waals surface area (Å²) in [5, 5.41) is 17.2. The van der Waals surface area contributed by atoms with Crippen LogP contribution in [0.3, 0.4) is 0 Å². The smallest absolute Gasteiger partial charge is 0.226 e. The Morgan fingerprint density at radius 3 is 2.90 bits per heavy atom. The number of methoxy groups -OCH3 is 1. The lowest BCUT2D eigenvalue weighted by Crippen LogP contribution is -2.24. The van der Waals surface area contributed by atoms with E-state index in [1.807, 2.05) is 13.0 Å². The molecule has 1 aromatic carbocycles. The summed E-state index contributed by atoms with van der Waals surface area (Å²) in [6, 6.07) is 5.24. The number of aromatic nitrogens is 2. The molecule has 0 bridgehead atoms. The Bertz CT molecular complexity index is 721. The van der Waals surface area contributed by atoms with Gasteiger partial charge in [-0.25, -0.2) is 0 Å². The number of anilines is 1. The van der Waals surface area contributed by atoms with E-state index in [1.54, 1.807) is 23.9 Å². The van der Waals surface area contributed by atoms with Gasteiger partial charge in [0, 0.05) is 24.9 Å². The molecule has 1 aromatic heterocycles. The number of hydrogen-bond acceptors (Lipinski definition) is 4. The number of aryl methyl sites for hydroxylation is 2. The number of benzene rings is 1. The number of phenols is 1.